The number of thiazole rings is 1. The molecule has 1 saturated heterocycles. The van der Waals surface area contributed by atoms with E-state index in [4.69, 9.17) is 0 Å². The molecule has 0 atom stereocenters. The zero-order valence-corrected chi connectivity index (χ0v) is 15.7. The summed E-state index contributed by atoms with van der Waals surface area (Å²) in [5, 5.41) is 10.2. The summed E-state index contributed by atoms with van der Waals surface area (Å²) in [6, 6.07) is 0. The molecule has 6 heteroatoms. The summed E-state index contributed by atoms with van der Waals surface area (Å²) in [6.45, 7) is 13.6. The van der Waals surface area contributed by atoms with E-state index in [9.17, 15) is 9.90 Å². The fraction of sp³-hybridized carbons (Fsp3) is 0.765. The summed E-state index contributed by atoms with van der Waals surface area (Å²) in [5.41, 5.74) is 0.831. The van der Waals surface area contributed by atoms with E-state index in [1.165, 1.54) is 11.3 Å². The van der Waals surface area contributed by atoms with Crippen molar-refractivity contribution in [3.05, 3.63) is 15.6 Å². The smallest absolute Gasteiger partial charge is 0.265 e. The predicted octanol–water partition coefficient (Wildman–Crippen LogP) is 2.18. The van der Waals surface area contributed by atoms with Gasteiger partial charge in [0.2, 0.25) is 0 Å². The van der Waals surface area contributed by atoms with Crippen molar-refractivity contribution in [1.82, 2.24) is 14.8 Å². The van der Waals surface area contributed by atoms with Crippen LogP contribution in [0.15, 0.2) is 0 Å². The molecule has 5 nitrogen and oxygen atoms in total. The van der Waals surface area contributed by atoms with Crippen LogP contribution in [0.3, 0.4) is 0 Å². The van der Waals surface area contributed by atoms with Gasteiger partial charge in [0.25, 0.3) is 5.91 Å². The molecule has 1 aromatic heterocycles. The van der Waals surface area contributed by atoms with Crippen LogP contribution in [0, 0.1) is 12.8 Å². The van der Waals surface area contributed by atoms with E-state index in [1.54, 1.807) is 0 Å². The Kier molecular flexibility index (Phi) is 5.81. The Morgan fingerprint density at radius 2 is 2.09 bits per heavy atom. The standard InChI is InChI=1S/C17H29N3O2S/c1-12(2)10-14-15(23-13(3)18-14)16(22)19-6-7-20(8-9-21)17(4,5)11-19/h12,21H,6-11H2,1-5H3. The number of piperazine rings is 1. The van der Waals surface area contributed by atoms with Crippen molar-refractivity contribution in [2.45, 2.75) is 46.6 Å². The summed E-state index contributed by atoms with van der Waals surface area (Å²) < 4.78 is 0. The van der Waals surface area contributed by atoms with Crippen LogP contribution in [-0.4, -0.2) is 64.1 Å². The van der Waals surface area contributed by atoms with Gasteiger partial charge in [0.05, 0.1) is 17.3 Å². The highest BCUT2D eigenvalue weighted by Gasteiger charge is 2.36. The Bertz CT molecular complexity index is 554. The van der Waals surface area contributed by atoms with E-state index in [1.807, 2.05) is 11.8 Å². The normalized spacial score (nSPS) is 18.7. The van der Waals surface area contributed by atoms with Gasteiger partial charge in [-0.1, -0.05) is 13.8 Å². The van der Waals surface area contributed by atoms with Crippen molar-refractivity contribution in [3.63, 3.8) is 0 Å². The van der Waals surface area contributed by atoms with Crippen molar-refractivity contribution < 1.29 is 9.90 Å². The second kappa shape index (κ2) is 7.28. The minimum Gasteiger partial charge on any atom is -0.395 e. The second-order valence-electron chi connectivity index (χ2n) is 7.36. The largest absolute Gasteiger partial charge is 0.395 e. The molecule has 0 radical (unpaired) electrons. The summed E-state index contributed by atoms with van der Waals surface area (Å²) in [4.78, 5) is 22.6. The van der Waals surface area contributed by atoms with Gasteiger partial charge in [-0.25, -0.2) is 4.98 Å². The number of amides is 1. The lowest BCUT2D eigenvalue weighted by atomic mass is 9.98. The van der Waals surface area contributed by atoms with Gasteiger partial charge in [0, 0.05) is 31.7 Å². The van der Waals surface area contributed by atoms with Gasteiger partial charge in [0.15, 0.2) is 0 Å². The molecule has 1 aliphatic rings. The molecule has 2 heterocycles. The Morgan fingerprint density at radius 1 is 1.39 bits per heavy atom. The number of aromatic nitrogens is 1. The molecule has 0 spiro atoms. The maximum atomic E-state index is 13.0. The predicted molar refractivity (Wildman–Crippen MR) is 94.0 cm³/mol. The van der Waals surface area contributed by atoms with Crippen LogP contribution in [0.2, 0.25) is 0 Å². The molecule has 0 aliphatic carbocycles. The van der Waals surface area contributed by atoms with Crippen LogP contribution in [0.5, 0.6) is 0 Å². The second-order valence-corrected chi connectivity index (χ2v) is 8.56. The van der Waals surface area contributed by atoms with Crippen molar-refractivity contribution in [2.75, 3.05) is 32.8 Å². The van der Waals surface area contributed by atoms with E-state index in [0.29, 0.717) is 25.6 Å². The molecule has 2 rings (SSSR count). The maximum Gasteiger partial charge on any atom is 0.265 e. The van der Waals surface area contributed by atoms with E-state index < -0.39 is 0 Å². The average Bonchev–Trinajstić information content (AvgIpc) is 2.80. The molecule has 1 N–H and O–H groups in total. The summed E-state index contributed by atoms with van der Waals surface area (Å²) >= 11 is 1.51. The highest BCUT2D eigenvalue weighted by atomic mass is 32.1. The summed E-state index contributed by atoms with van der Waals surface area (Å²) in [7, 11) is 0. The average molecular weight is 340 g/mol. The molecule has 0 unspecified atom stereocenters. The number of rotatable bonds is 5. The van der Waals surface area contributed by atoms with E-state index in [-0.39, 0.29) is 18.1 Å². The van der Waals surface area contributed by atoms with Gasteiger partial charge < -0.3 is 10.0 Å². The van der Waals surface area contributed by atoms with Crippen LogP contribution >= 0.6 is 11.3 Å². The van der Waals surface area contributed by atoms with Crippen LogP contribution in [0.1, 0.15) is 48.1 Å². The van der Waals surface area contributed by atoms with Gasteiger partial charge >= 0.3 is 0 Å². The zero-order chi connectivity index (χ0) is 17.2. The first-order chi connectivity index (χ1) is 10.7. The van der Waals surface area contributed by atoms with Gasteiger partial charge in [-0.05, 0) is 33.1 Å². The highest BCUT2D eigenvalue weighted by molar-refractivity contribution is 7.13. The monoisotopic (exact) mass is 339 g/mol. The lowest BCUT2D eigenvalue weighted by Crippen LogP contribution is -2.60. The molecule has 0 bridgehead atoms. The minimum absolute atomic E-state index is 0.114. The van der Waals surface area contributed by atoms with E-state index in [2.05, 4.69) is 37.6 Å². The molecule has 1 amide bonds. The third-order valence-electron chi connectivity index (χ3n) is 4.33. The first kappa shape index (κ1) is 18.4. The molecule has 1 aromatic rings. The van der Waals surface area contributed by atoms with Crippen molar-refractivity contribution in [3.8, 4) is 0 Å². The number of carbonyl (C=O) groups is 1. The quantitative estimate of drug-likeness (QED) is 0.893. The van der Waals surface area contributed by atoms with Crippen LogP contribution in [0.4, 0.5) is 0 Å². The van der Waals surface area contributed by atoms with Crippen LogP contribution < -0.4 is 0 Å². The third kappa shape index (κ3) is 4.31. The Morgan fingerprint density at radius 3 is 2.65 bits per heavy atom. The van der Waals surface area contributed by atoms with Gasteiger partial charge in [0.1, 0.15) is 4.88 Å². The molecule has 1 fully saturated rings. The molecule has 0 aromatic carbocycles. The Hall–Kier alpha value is -0.980. The first-order valence-electron chi connectivity index (χ1n) is 8.36. The fourth-order valence-corrected chi connectivity index (χ4v) is 4.12. The Balaban J connectivity index is 2.16. The number of carbonyl (C=O) groups excluding carboxylic acids is 1. The molecule has 1 aliphatic heterocycles. The number of aliphatic hydroxyl groups excluding tert-OH is 1. The summed E-state index contributed by atoms with van der Waals surface area (Å²) in [6.07, 6.45) is 0.847. The number of hydrogen-bond donors (Lipinski definition) is 1. The number of nitrogens with zero attached hydrogens (tertiary/aromatic N) is 3. The number of β-amino-alcohol motifs (C(OH)–C–C–N with tert-alkyl or cyclic N) is 1. The number of aryl methyl sites for hydroxylation is 1. The number of aliphatic hydroxyl groups is 1. The lowest BCUT2D eigenvalue weighted by Gasteiger charge is -2.46. The van der Waals surface area contributed by atoms with Crippen molar-refractivity contribution in [2.24, 2.45) is 5.92 Å². The van der Waals surface area contributed by atoms with Gasteiger partial charge in [-0.15, -0.1) is 11.3 Å². The minimum atomic E-state index is -0.116. The molecular formula is C17H29N3O2S. The van der Waals surface area contributed by atoms with Crippen molar-refractivity contribution in [1.29, 1.82) is 0 Å². The van der Waals surface area contributed by atoms with Gasteiger partial charge in [-0.3, -0.25) is 9.69 Å². The van der Waals surface area contributed by atoms with Crippen molar-refractivity contribution >= 4 is 17.2 Å². The molecule has 130 valence electrons. The molecule has 0 saturated carbocycles. The first-order valence-corrected chi connectivity index (χ1v) is 9.17. The summed E-state index contributed by atoms with van der Waals surface area (Å²) in [5.74, 6) is 0.601. The fourth-order valence-electron chi connectivity index (χ4n) is 3.20. The van der Waals surface area contributed by atoms with Crippen LogP contribution in [0.25, 0.3) is 0 Å². The number of hydrogen-bond acceptors (Lipinski definition) is 5. The topological polar surface area (TPSA) is 56.7 Å². The lowest BCUT2D eigenvalue weighted by molar-refractivity contribution is 0.0109. The SMILES string of the molecule is Cc1nc(CC(C)C)c(C(=O)N2CCN(CCO)C(C)(C)C2)s1. The maximum absolute atomic E-state index is 13.0. The van der Waals surface area contributed by atoms with Crippen LogP contribution in [-0.2, 0) is 6.42 Å². The molecular weight excluding hydrogens is 310 g/mol. The van der Waals surface area contributed by atoms with E-state index in [0.717, 1.165) is 28.5 Å². The van der Waals surface area contributed by atoms with E-state index >= 15 is 0 Å². The third-order valence-corrected chi connectivity index (χ3v) is 5.33. The Labute approximate surface area is 143 Å². The van der Waals surface area contributed by atoms with Gasteiger partial charge in [-0.2, -0.15) is 0 Å². The zero-order valence-electron chi connectivity index (χ0n) is 14.9. The highest BCUT2D eigenvalue weighted by Crippen LogP contribution is 2.26. The molecule has 23 heavy (non-hydrogen) atoms.